The third kappa shape index (κ3) is 4.47. The van der Waals surface area contributed by atoms with E-state index in [-0.39, 0.29) is 5.41 Å². The standard InChI is InChI=1S/C16H29N3/c1-16(2,13-17)8-5-11-19-10-4-6-14(12-19)15-7-3-9-18-15/h14-15,18H,3-12H2,1-2H3. The Morgan fingerprint density at radius 2 is 2.16 bits per heavy atom. The van der Waals surface area contributed by atoms with Crippen LogP contribution in [-0.4, -0.2) is 37.1 Å². The molecule has 2 saturated heterocycles. The summed E-state index contributed by atoms with van der Waals surface area (Å²) in [7, 11) is 0. The minimum Gasteiger partial charge on any atom is -0.314 e. The lowest BCUT2D eigenvalue weighted by atomic mass is 9.88. The summed E-state index contributed by atoms with van der Waals surface area (Å²) in [5.74, 6) is 0.861. The molecule has 0 bridgehead atoms. The van der Waals surface area contributed by atoms with Crippen molar-refractivity contribution in [2.75, 3.05) is 26.2 Å². The van der Waals surface area contributed by atoms with Gasteiger partial charge in [-0.15, -0.1) is 0 Å². The molecule has 0 amide bonds. The van der Waals surface area contributed by atoms with E-state index in [1.807, 2.05) is 0 Å². The monoisotopic (exact) mass is 263 g/mol. The zero-order valence-corrected chi connectivity index (χ0v) is 12.6. The Kier molecular flexibility index (Phi) is 5.24. The summed E-state index contributed by atoms with van der Waals surface area (Å²) in [6, 6.07) is 3.18. The fourth-order valence-corrected chi connectivity index (χ4v) is 3.54. The molecule has 2 aliphatic rings. The van der Waals surface area contributed by atoms with Crippen molar-refractivity contribution in [3.05, 3.63) is 0 Å². The highest BCUT2D eigenvalue weighted by molar-refractivity contribution is 4.92. The maximum absolute atomic E-state index is 9.04. The van der Waals surface area contributed by atoms with Gasteiger partial charge in [0.05, 0.1) is 11.5 Å². The van der Waals surface area contributed by atoms with E-state index in [1.165, 1.54) is 51.9 Å². The zero-order chi connectivity index (χ0) is 13.7. The van der Waals surface area contributed by atoms with Crippen LogP contribution in [0.1, 0.15) is 52.4 Å². The van der Waals surface area contributed by atoms with Gasteiger partial charge in [0.15, 0.2) is 0 Å². The van der Waals surface area contributed by atoms with Gasteiger partial charge in [-0.25, -0.2) is 0 Å². The van der Waals surface area contributed by atoms with E-state index in [0.717, 1.165) is 24.8 Å². The molecular formula is C16H29N3. The van der Waals surface area contributed by atoms with Gasteiger partial charge in [0.25, 0.3) is 0 Å². The van der Waals surface area contributed by atoms with Crippen molar-refractivity contribution in [2.24, 2.45) is 11.3 Å². The van der Waals surface area contributed by atoms with Crippen molar-refractivity contribution >= 4 is 0 Å². The Balaban J connectivity index is 1.71. The first-order valence-electron chi connectivity index (χ1n) is 7.98. The number of nitrogens with one attached hydrogen (secondary N) is 1. The maximum Gasteiger partial charge on any atom is 0.0683 e. The maximum atomic E-state index is 9.04. The van der Waals surface area contributed by atoms with Gasteiger partial charge in [0.1, 0.15) is 0 Å². The summed E-state index contributed by atoms with van der Waals surface area (Å²) in [6.07, 6.45) is 7.66. The normalized spacial score (nSPS) is 29.3. The van der Waals surface area contributed by atoms with Crippen LogP contribution in [0.15, 0.2) is 0 Å². The molecule has 0 aliphatic carbocycles. The lowest BCUT2D eigenvalue weighted by Crippen LogP contribution is -2.43. The minimum atomic E-state index is -0.151. The summed E-state index contributed by atoms with van der Waals surface area (Å²) < 4.78 is 0. The first-order chi connectivity index (χ1) is 9.11. The first-order valence-corrected chi connectivity index (χ1v) is 7.98. The molecule has 2 fully saturated rings. The lowest BCUT2D eigenvalue weighted by Gasteiger charge is -2.36. The predicted octanol–water partition coefficient (Wildman–Crippen LogP) is 2.78. The molecule has 0 radical (unpaired) electrons. The number of piperidine rings is 1. The van der Waals surface area contributed by atoms with E-state index in [1.54, 1.807) is 0 Å². The van der Waals surface area contributed by atoms with E-state index in [4.69, 9.17) is 5.26 Å². The van der Waals surface area contributed by atoms with Crippen molar-refractivity contribution in [1.29, 1.82) is 5.26 Å². The molecule has 0 saturated carbocycles. The summed E-state index contributed by atoms with van der Waals surface area (Å²) in [5, 5.41) is 12.7. The topological polar surface area (TPSA) is 39.1 Å². The largest absolute Gasteiger partial charge is 0.314 e. The van der Waals surface area contributed by atoms with Crippen LogP contribution in [0.5, 0.6) is 0 Å². The fraction of sp³-hybridized carbons (Fsp3) is 0.938. The third-order valence-electron chi connectivity index (χ3n) is 4.79. The van der Waals surface area contributed by atoms with Gasteiger partial charge in [-0.1, -0.05) is 0 Å². The molecule has 2 atom stereocenters. The van der Waals surface area contributed by atoms with E-state index < -0.39 is 0 Å². The molecular weight excluding hydrogens is 234 g/mol. The van der Waals surface area contributed by atoms with Crippen LogP contribution in [0.2, 0.25) is 0 Å². The van der Waals surface area contributed by atoms with Crippen molar-refractivity contribution in [3.8, 4) is 6.07 Å². The quantitative estimate of drug-likeness (QED) is 0.829. The van der Waals surface area contributed by atoms with E-state index in [9.17, 15) is 0 Å². The van der Waals surface area contributed by atoms with Crippen molar-refractivity contribution in [2.45, 2.75) is 58.4 Å². The molecule has 108 valence electrons. The van der Waals surface area contributed by atoms with E-state index >= 15 is 0 Å². The average Bonchev–Trinajstić information content (AvgIpc) is 2.93. The fourth-order valence-electron chi connectivity index (χ4n) is 3.54. The highest BCUT2D eigenvalue weighted by atomic mass is 15.1. The number of hydrogen-bond acceptors (Lipinski definition) is 3. The highest BCUT2D eigenvalue weighted by Gasteiger charge is 2.29. The van der Waals surface area contributed by atoms with Gasteiger partial charge in [-0.2, -0.15) is 5.26 Å². The van der Waals surface area contributed by atoms with Gasteiger partial charge in [0.2, 0.25) is 0 Å². The molecule has 1 N–H and O–H groups in total. The number of nitriles is 1. The van der Waals surface area contributed by atoms with Gasteiger partial charge in [-0.3, -0.25) is 0 Å². The van der Waals surface area contributed by atoms with Crippen molar-refractivity contribution < 1.29 is 0 Å². The molecule has 2 unspecified atom stereocenters. The lowest BCUT2D eigenvalue weighted by molar-refractivity contribution is 0.146. The number of rotatable bonds is 5. The molecule has 3 nitrogen and oxygen atoms in total. The molecule has 19 heavy (non-hydrogen) atoms. The van der Waals surface area contributed by atoms with E-state index in [2.05, 4.69) is 30.1 Å². The van der Waals surface area contributed by atoms with E-state index in [0.29, 0.717) is 0 Å². The Bertz CT molecular complexity index is 312. The molecule has 3 heteroatoms. The van der Waals surface area contributed by atoms with Crippen LogP contribution in [0.4, 0.5) is 0 Å². The second-order valence-corrected chi connectivity index (χ2v) is 7.01. The van der Waals surface area contributed by atoms with Crippen LogP contribution in [-0.2, 0) is 0 Å². The summed E-state index contributed by atoms with van der Waals surface area (Å²) in [5.41, 5.74) is -0.151. The smallest absolute Gasteiger partial charge is 0.0683 e. The highest BCUT2D eigenvalue weighted by Crippen LogP contribution is 2.26. The second kappa shape index (κ2) is 6.72. The molecule has 0 aromatic carbocycles. The molecule has 2 aliphatic heterocycles. The number of nitrogens with zero attached hydrogens (tertiary/aromatic N) is 2. The zero-order valence-electron chi connectivity index (χ0n) is 12.6. The Morgan fingerprint density at radius 1 is 1.32 bits per heavy atom. The van der Waals surface area contributed by atoms with Crippen LogP contribution in [0, 0.1) is 22.7 Å². The molecule has 0 aromatic heterocycles. The van der Waals surface area contributed by atoms with Gasteiger partial charge in [0, 0.05) is 12.6 Å². The van der Waals surface area contributed by atoms with Crippen LogP contribution >= 0.6 is 0 Å². The van der Waals surface area contributed by atoms with Gasteiger partial charge < -0.3 is 10.2 Å². The number of hydrogen-bond donors (Lipinski definition) is 1. The predicted molar refractivity (Wildman–Crippen MR) is 78.8 cm³/mol. The SMILES string of the molecule is CC(C)(C#N)CCCN1CCCC(C2CCCN2)C1. The first kappa shape index (κ1) is 14.8. The van der Waals surface area contributed by atoms with Crippen molar-refractivity contribution in [3.63, 3.8) is 0 Å². The number of likely N-dealkylation sites (tertiary alicyclic amines) is 1. The molecule has 2 heterocycles. The van der Waals surface area contributed by atoms with Crippen LogP contribution in [0.25, 0.3) is 0 Å². The van der Waals surface area contributed by atoms with Gasteiger partial charge in [-0.05, 0) is 77.9 Å². The van der Waals surface area contributed by atoms with Crippen molar-refractivity contribution in [1.82, 2.24) is 10.2 Å². The Labute approximate surface area is 118 Å². The minimum absolute atomic E-state index is 0.151. The Hall–Kier alpha value is -0.590. The Morgan fingerprint density at radius 3 is 2.84 bits per heavy atom. The van der Waals surface area contributed by atoms with Crippen LogP contribution < -0.4 is 5.32 Å². The molecule has 0 aromatic rings. The second-order valence-electron chi connectivity index (χ2n) is 7.01. The summed E-state index contributed by atoms with van der Waals surface area (Å²) >= 11 is 0. The summed E-state index contributed by atoms with van der Waals surface area (Å²) in [4.78, 5) is 2.63. The average molecular weight is 263 g/mol. The van der Waals surface area contributed by atoms with Gasteiger partial charge >= 0.3 is 0 Å². The molecule has 2 rings (SSSR count). The molecule has 0 spiro atoms. The third-order valence-corrected chi connectivity index (χ3v) is 4.79. The van der Waals surface area contributed by atoms with Crippen LogP contribution in [0.3, 0.4) is 0 Å². The summed E-state index contributed by atoms with van der Waals surface area (Å²) in [6.45, 7) is 9.02.